The average Bonchev–Trinajstić information content (AvgIpc) is 3.18. The van der Waals surface area contributed by atoms with Crippen LogP contribution in [0.25, 0.3) is 0 Å². The predicted octanol–water partition coefficient (Wildman–Crippen LogP) is 6.89. The van der Waals surface area contributed by atoms with Crippen molar-refractivity contribution < 1.29 is 50.0 Å². The van der Waals surface area contributed by atoms with Crippen LogP contribution in [0.2, 0.25) is 0 Å². The van der Waals surface area contributed by atoms with Crippen LogP contribution in [0.5, 0.6) is 0 Å². The highest BCUT2D eigenvalue weighted by Crippen LogP contribution is 2.23. The summed E-state index contributed by atoms with van der Waals surface area (Å²) < 4.78 is 11.1. The predicted molar refractivity (Wildman–Crippen MR) is 219 cm³/mol. The van der Waals surface area contributed by atoms with E-state index in [9.17, 15) is 40.5 Å². The van der Waals surface area contributed by atoms with Crippen LogP contribution in [-0.2, 0) is 14.3 Å². The highest BCUT2D eigenvalue weighted by molar-refractivity contribution is 5.80. The van der Waals surface area contributed by atoms with E-state index in [0.717, 1.165) is 57.8 Å². The van der Waals surface area contributed by atoms with Crippen LogP contribution in [0.1, 0.15) is 194 Å². The number of allylic oxidation sites excluding steroid dienone is 2. The molecule has 0 aliphatic carbocycles. The lowest BCUT2D eigenvalue weighted by Gasteiger charge is -2.40. The summed E-state index contributed by atoms with van der Waals surface area (Å²) in [6, 6.07) is -1.17. The molecule has 9 unspecified atom stereocenters. The Bertz CT molecular complexity index is 908. The lowest BCUT2D eigenvalue weighted by Crippen LogP contribution is -2.60. The Kier molecular flexibility index (Phi) is 32.9. The molecule has 11 nitrogen and oxygen atoms in total. The van der Waals surface area contributed by atoms with E-state index in [1.54, 1.807) is 0 Å². The van der Waals surface area contributed by atoms with Gasteiger partial charge in [-0.05, 0) is 38.5 Å². The summed E-state index contributed by atoms with van der Waals surface area (Å²) in [4.78, 5) is 13.0. The first-order chi connectivity index (χ1) is 26.7. The minimum Gasteiger partial charge on any atom is -0.394 e. The number of ether oxygens (including phenoxy) is 2. The van der Waals surface area contributed by atoms with Gasteiger partial charge in [-0.3, -0.25) is 4.79 Å². The molecule has 9 atom stereocenters. The average molecular weight is 788 g/mol. The molecule has 1 fully saturated rings. The third-order valence-corrected chi connectivity index (χ3v) is 11.1. The molecule has 1 amide bonds. The van der Waals surface area contributed by atoms with Crippen molar-refractivity contribution in [1.82, 2.24) is 5.32 Å². The monoisotopic (exact) mass is 788 g/mol. The molecule has 0 aromatic carbocycles. The molecule has 1 rings (SSSR count). The molecule has 55 heavy (non-hydrogen) atoms. The van der Waals surface area contributed by atoms with Crippen LogP contribution in [0.3, 0.4) is 0 Å². The number of unbranched alkanes of at least 4 members (excludes halogenated alkanes) is 23. The van der Waals surface area contributed by atoms with Gasteiger partial charge in [0.2, 0.25) is 5.91 Å². The van der Waals surface area contributed by atoms with E-state index in [-0.39, 0.29) is 6.42 Å². The van der Waals surface area contributed by atoms with Crippen LogP contribution in [0.4, 0.5) is 0 Å². The molecule has 0 radical (unpaired) electrons. The second-order valence-corrected chi connectivity index (χ2v) is 16.1. The lowest BCUT2D eigenvalue weighted by molar-refractivity contribution is -0.303. The number of aliphatic hydroxyl groups excluding tert-OH is 7. The molecule has 1 aliphatic rings. The fraction of sp³-hybridized carbons (Fsp3) is 0.932. The Morgan fingerprint density at radius 1 is 0.618 bits per heavy atom. The highest BCUT2D eigenvalue weighted by Gasteiger charge is 2.44. The zero-order valence-corrected chi connectivity index (χ0v) is 34.9. The fourth-order valence-electron chi connectivity index (χ4n) is 7.26. The summed E-state index contributed by atoms with van der Waals surface area (Å²) in [7, 11) is 0. The molecule has 1 saturated heterocycles. The van der Waals surface area contributed by atoms with Gasteiger partial charge in [0.15, 0.2) is 6.29 Å². The van der Waals surface area contributed by atoms with Gasteiger partial charge in [0, 0.05) is 0 Å². The van der Waals surface area contributed by atoms with Gasteiger partial charge in [0.1, 0.15) is 36.6 Å². The van der Waals surface area contributed by atoms with E-state index in [1.807, 2.05) is 0 Å². The SMILES string of the molecule is CCCCCCCCC=CCCCCCCCCC(O)C(O)C(COC1OC(CO)C(O)C(O)C1O)NC(=O)C(O)CCCCCCCCCCCCCC. The molecule has 0 bridgehead atoms. The van der Waals surface area contributed by atoms with Crippen molar-refractivity contribution >= 4 is 5.91 Å². The maximum absolute atomic E-state index is 13.0. The van der Waals surface area contributed by atoms with Crippen molar-refractivity contribution in [2.45, 2.75) is 249 Å². The Labute approximate surface area is 334 Å². The van der Waals surface area contributed by atoms with Gasteiger partial charge < -0.3 is 50.5 Å². The Morgan fingerprint density at radius 3 is 1.53 bits per heavy atom. The minimum atomic E-state index is -1.66. The largest absolute Gasteiger partial charge is 0.394 e. The van der Waals surface area contributed by atoms with Gasteiger partial charge >= 0.3 is 0 Å². The third kappa shape index (κ3) is 25.1. The second kappa shape index (κ2) is 34.9. The van der Waals surface area contributed by atoms with Gasteiger partial charge in [0.25, 0.3) is 0 Å². The standard InChI is InChI=1S/C44H85NO10/c1-3-5-7-9-11-13-15-17-18-19-20-22-23-25-27-29-31-36(47)39(49)35(34-54-44-42(52)41(51)40(50)38(33-46)55-44)45-43(53)37(48)32-30-28-26-24-21-16-14-12-10-8-6-4-2/h17-18,35-42,44,46-52H,3-16,19-34H2,1-2H3,(H,45,53). The van der Waals surface area contributed by atoms with Gasteiger partial charge in [-0.25, -0.2) is 0 Å². The Balaban J connectivity index is 2.48. The summed E-state index contributed by atoms with van der Waals surface area (Å²) >= 11 is 0. The van der Waals surface area contributed by atoms with Crippen LogP contribution < -0.4 is 5.32 Å². The van der Waals surface area contributed by atoms with Crippen LogP contribution in [0, 0.1) is 0 Å². The number of carbonyl (C=O) groups is 1. The number of carbonyl (C=O) groups excluding carboxylic acids is 1. The van der Waals surface area contributed by atoms with E-state index in [4.69, 9.17) is 9.47 Å². The first kappa shape index (κ1) is 51.9. The van der Waals surface area contributed by atoms with E-state index >= 15 is 0 Å². The Hall–Kier alpha value is -1.15. The number of nitrogens with one attached hydrogen (secondary N) is 1. The summed E-state index contributed by atoms with van der Waals surface area (Å²) in [6.07, 6.45) is 24.0. The van der Waals surface area contributed by atoms with E-state index in [1.165, 1.54) is 96.3 Å². The van der Waals surface area contributed by atoms with Crippen molar-refractivity contribution in [3.63, 3.8) is 0 Å². The summed E-state index contributed by atoms with van der Waals surface area (Å²) in [6.45, 7) is 3.42. The number of rotatable bonds is 37. The Morgan fingerprint density at radius 2 is 1.05 bits per heavy atom. The second-order valence-electron chi connectivity index (χ2n) is 16.1. The third-order valence-electron chi connectivity index (χ3n) is 11.1. The maximum atomic E-state index is 13.0. The zero-order chi connectivity index (χ0) is 40.5. The smallest absolute Gasteiger partial charge is 0.249 e. The molecule has 11 heteroatoms. The molecule has 0 spiro atoms. The van der Waals surface area contributed by atoms with Crippen molar-refractivity contribution in [3.8, 4) is 0 Å². The normalized spacial score (nSPS) is 22.5. The first-order valence-corrected chi connectivity index (χ1v) is 22.6. The maximum Gasteiger partial charge on any atom is 0.249 e. The summed E-state index contributed by atoms with van der Waals surface area (Å²) in [5, 5.41) is 75.5. The van der Waals surface area contributed by atoms with Gasteiger partial charge in [-0.15, -0.1) is 0 Å². The molecule has 0 aromatic rings. The molecular formula is C44H85NO10. The number of hydrogen-bond acceptors (Lipinski definition) is 10. The lowest BCUT2D eigenvalue weighted by atomic mass is 9.98. The zero-order valence-electron chi connectivity index (χ0n) is 34.9. The van der Waals surface area contributed by atoms with Gasteiger partial charge in [0.05, 0.1) is 25.4 Å². The molecule has 326 valence electrons. The van der Waals surface area contributed by atoms with Crippen molar-refractivity contribution in [2.75, 3.05) is 13.2 Å². The molecule has 0 saturated carbocycles. The van der Waals surface area contributed by atoms with Gasteiger partial charge in [-0.2, -0.15) is 0 Å². The van der Waals surface area contributed by atoms with Crippen molar-refractivity contribution in [3.05, 3.63) is 12.2 Å². The molecule has 1 aliphatic heterocycles. The molecule has 8 N–H and O–H groups in total. The summed E-state index contributed by atoms with van der Waals surface area (Å²) in [5.74, 6) is -0.700. The summed E-state index contributed by atoms with van der Waals surface area (Å²) in [5.41, 5.74) is 0. The quantitative estimate of drug-likeness (QED) is 0.0243. The molecule has 0 aromatic heterocycles. The fourth-order valence-corrected chi connectivity index (χ4v) is 7.26. The van der Waals surface area contributed by atoms with Crippen molar-refractivity contribution in [2.24, 2.45) is 0 Å². The van der Waals surface area contributed by atoms with Crippen LogP contribution in [0.15, 0.2) is 12.2 Å². The van der Waals surface area contributed by atoms with E-state index in [2.05, 4.69) is 31.3 Å². The number of hydrogen-bond donors (Lipinski definition) is 8. The number of amides is 1. The molecular weight excluding hydrogens is 702 g/mol. The van der Waals surface area contributed by atoms with E-state index < -0.39 is 74.2 Å². The number of aliphatic hydroxyl groups is 7. The highest BCUT2D eigenvalue weighted by atomic mass is 16.7. The van der Waals surface area contributed by atoms with Crippen LogP contribution in [-0.4, -0.2) is 110 Å². The molecule has 1 heterocycles. The first-order valence-electron chi connectivity index (χ1n) is 22.6. The minimum absolute atomic E-state index is 0.262. The van der Waals surface area contributed by atoms with Crippen LogP contribution >= 0.6 is 0 Å². The topological polar surface area (TPSA) is 189 Å². The van der Waals surface area contributed by atoms with E-state index in [0.29, 0.717) is 19.3 Å². The van der Waals surface area contributed by atoms with Crippen molar-refractivity contribution in [1.29, 1.82) is 0 Å². The van der Waals surface area contributed by atoms with Gasteiger partial charge in [-0.1, -0.05) is 167 Å².